The predicted octanol–water partition coefficient (Wildman–Crippen LogP) is 4.70. The quantitative estimate of drug-likeness (QED) is 0.0537. The molecular formula is C66H119F3N11O16PS. The molecule has 0 aromatic heterocycles. The maximum atomic E-state index is 15.1. The number of carbonyl (C=O) groups is 11. The first-order valence-corrected chi connectivity index (χ1v) is 37.7. The van der Waals surface area contributed by atoms with E-state index in [1.165, 1.54) is 87.7 Å². The van der Waals surface area contributed by atoms with Gasteiger partial charge in [-0.1, -0.05) is 109 Å². The number of aliphatic hydroxyl groups excluding tert-OH is 1. The molecule has 0 radical (unpaired) electrons. The molecule has 0 saturated carbocycles. The molecule has 98 heavy (non-hydrogen) atoms. The lowest BCUT2D eigenvalue weighted by Gasteiger charge is -2.41. The lowest BCUT2D eigenvalue weighted by Crippen LogP contribution is -2.63. The number of alkyl halides is 3. The molecule has 12 atom stereocenters. The topological polar surface area (TPSA) is 339 Å². The number of nitrogens with one attached hydrogen (secondary N) is 4. The summed E-state index contributed by atoms with van der Waals surface area (Å²) < 4.78 is 69.7. The second-order valence-corrected chi connectivity index (χ2v) is 33.8. The van der Waals surface area contributed by atoms with Gasteiger partial charge in [0.25, 0.3) is 0 Å². The number of amides is 11. The molecule has 0 aliphatic carbocycles. The van der Waals surface area contributed by atoms with E-state index >= 15 is 9.59 Å². The van der Waals surface area contributed by atoms with Crippen LogP contribution in [-0.2, 0) is 71.6 Å². The third kappa shape index (κ3) is 27.7. The second-order valence-electron chi connectivity index (χ2n) is 28.8. The highest BCUT2D eigenvalue weighted by Gasteiger charge is 2.49. The van der Waals surface area contributed by atoms with Crippen molar-refractivity contribution in [3.8, 4) is 0 Å². The highest BCUT2D eigenvalue weighted by molar-refractivity contribution is 7.87. The van der Waals surface area contributed by atoms with Gasteiger partial charge in [0.15, 0.2) is 0 Å². The summed E-state index contributed by atoms with van der Waals surface area (Å²) >= 11 is 0. The standard InChI is InChI=1S/C62H111N11O12.C4H8F3O4PS/c1-25-27-28-40(15)52(75)51-56(79)65-43(26-2)58(81)67(18)33-48(74)68(19)44(29-34(3)4)55(78)66-49(38(11)12)61(84)69(20)45(30-35(5)6)54(77)63-41(16)53(76)64-42(17)57(80)70(21)46(31-36(7)8)59(82)71(22)47(32-37(9)10)60(83)72(23)50(39(13)14)62(85)73(51)24;1-12(2,8)3-11-13(9,10)4(5,6)7/h25,27,34-47,49-52,75H,26,28-33H2,1-24H3,(H,63,77)(H,64,76)(H,65,79)(H,66,78);3H2,1-2H3/b27-25+;. The van der Waals surface area contributed by atoms with Gasteiger partial charge in [-0.25, -0.2) is 0 Å². The van der Waals surface area contributed by atoms with Gasteiger partial charge in [-0.3, -0.25) is 56.9 Å². The van der Waals surface area contributed by atoms with Crippen LogP contribution in [0.4, 0.5) is 13.2 Å². The van der Waals surface area contributed by atoms with Crippen LogP contribution in [0.25, 0.3) is 0 Å². The van der Waals surface area contributed by atoms with Gasteiger partial charge in [0.05, 0.1) is 12.6 Å². The van der Waals surface area contributed by atoms with Crippen molar-refractivity contribution < 1.29 is 88.2 Å². The normalized spacial score (nSPS) is 25.3. The molecule has 0 aromatic carbocycles. The Hall–Kier alpha value is -6.20. The summed E-state index contributed by atoms with van der Waals surface area (Å²) in [6.45, 7) is 31.6. The molecule has 0 bridgehead atoms. The van der Waals surface area contributed by atoms with Gasteiger partial charge < -0.3 is 65.2 Å². The number of allylic oxidation sites excluding steroid dienone is 2. The number of aliphatic hydroxyl groups is 1. The largest absolute Gasteiger partial charge is 0.523 e. The van der Waals surface area contributed by atoms with Crippen molar-refractivity contribution >= 4 is 82.2 Å². The number of rotatable bonds is 18. The minimum absolute atomic E-state index is 0.0229. The van der Waals surface area contributed by atoms with E-state index in [0.717, 1.165) is 23.1 Å². The Morgan fingerprint density at radius 3 is 1.37 bits per heavy atom. The SMILES string of the molecule is C/C=C/CC(C)C(O)C1C(=O)NC(CC)C(=O)N(C)CC(=O)N(C)C(CC(C)C)C(=O)NC(C(C)C)C(=O)N(C)C(CC(C)C)C(=O)NC(C)C(=O)NC(C)C(=O)N(C)C(CC(C)C)C(=O)N(C)C(CC(C)C)C(=O)N(C)C(C(C)C)C(=O)N1C.CP(C)(=O)COS(=O)(=O)C(F)(F)F. The third-order valence-electron chi connectivity index (χ3n) is 16.9. The van der Waals surface area contributed by atoms with Crippen LogP contribution in [0.1, 0.15) is 156 Å². The van der Waals surface area contributed by atoms with Crippen molar-refractivity contribution in [2.45, 2.75) is 228 Å². The number of carbonyl (C=O) groups excluding carboxylic acids is 11. The molecule has 1 fully saturated rings. The van der Waals surface area contributed by atoms with E-state index in [4.69, 9.17) is 0 Å². The summed E-state index contributed by atoms with van der Waals surface area (Å²) in [7, 11) is 1.38. The van der Waals surface area contributed by atoms with Gasteiger partial charge in [-0.15, -0.1) is 0 Å². The zero-order valence-corrected chi connectivity index (χ0v) is 64.6. The lowest BCUT2D eigenvalue weighted by atomic mass is 9.91. The molecule has 0 aromatic rings. The minimum atomic E-state index is -5.60. The van der Waals surface area contributed by atoms with Crippen LogP contribution < -0.4 is 21.3 Å². The smallest absolute Gasteiger partial charge is 0.390 e. The molecule has 1 aliphatic rings. The van der Waals surface area contributed by atoms with Crippen LogP contribution in [0.3, 0.4) is 0 Å². The van der Waals surface area contributed by atoms with Crippen molar-refractivity contribution in [2.24, 2.45) is 41.4 Å². The van der Waals surface area contributed by atoms with Gasteiger partial charge in [0.1, 0.15) is 73.9 Å². The lowest BCUT2D eigenvalue weighted by molar-refractivity contribution is -0.157. The Morgan fingerprint density at radius 2 is 0.949 bits per heavy atom. The van der Waals surface area contributed by atoms with E-state index in [2.05, 4.69) is 25.5 Å². The van der Waals surface area contributed by atoms with E-state index in [-0.39, 0.29) is 55.8 Å². The fraction of sp³-hybridized carbons (Fsp3) is 0.803. The number of halogens is 3. The van der Waals surface area contributed by atoms with Crippen LogP contribution >= 0.6 is 7.14 Å². The van der Waals surface area contributed by atoms with Crippen molar-refractivity contribution in [2.75, 3.05) is 75.6 Å². The molecule has 1 saturated heterocycles. The maximum absolute atomic E-state index is 15.1. The Bertz CT molecular complexity index is 2910. The van der Waals surface area contributed by atoms with E-state index in [1.54, 1.807) is 54.5 Å². The van der Waals surface area contributed by atoms with E-state index in [9.17, 15) is 74.4 Å². The molecule has 0 spiro atoms. The highest BCUT2D eigenvalue weighted by atomic mass is 32.2. The van der Waals surface area contributed by atoms with E-state index in [1.807, 2.05) is 61.5 Å². The Labute approximate surface area is 581 Å². The molecule has 11 amide bonds. The summed E-state index contributed by atoms with van der Waals surface area (Å²) in [5.41, 5.74) is -5.46. The zero-order chi connectivity index (χ0) is 76.9. The van der Waals surface area contributed by atoms with Crippen LogP contribution in [0, 0.1) is 41.4 Å². The summed E-state index contributed by atoms with van der Waals surface area (Å²) in [5, 5.41) is 23.1. The van der Waals surface area contributed by atoms with Crippen LogP contribution in [0.15, 0.2) is 12.2 Å². The summed E-state index contributed by atoms with van der Waals surface area (Å²) in [4.78, 5) is 169. The van der Waals surface area contributed by atoms with E-state index in [0.29, 0.717) is 6.42 Å². The van der Waals surface area contributed by atoms with Crippen molar-refractivity contribution in [3.63, 3.8) is 0 Å². The van der Waals surface area contributed by atoms with Crippen molar-refractivity contribution in [1.82, 2.24) is 55.6 Å². The molecule has 1 aliphatic heterocycles. The molecular weight excluding hydrogens is 1320 g/mol. The predicted molar refractivity (Wildman–Crippen MR) is 369 cm³/mol. The monoisotopic (exact) mass is 1440 g/mol. The maximum Gasteiger partial charge on any atom is 0.523 e. The molecule has 12 unspecified atom stereocenters. The number of likely N-dealkylation sites (N-methyl/N-ethyl adjacent to an activating group) is 7. The fourth-order valence-corrected chi connectivity index (χ4v) is 12.6. The molecule has 5 N–H and O–H groups in total. The Morgan fingerprint density at radius 1 is 0.541 bits per heavy atom. The van der Waals surface area contributed by atoms with E-state index < -0.39 is 185 Å². The Balaban J connectivity index is 0.00000648. The van der Waals surface area contributed by atoms with Crippen molar-refractivity contribution in [1.29, 1.82) is 0 Å². The van der Waals surface area contributed by atoms with Crippen LogP contribution in [0.5, 0.6) is 0 Å². The number of hydrogen-bond acceptors (Lipinski definition) is 16. The van der Waals surface area contributed by atoms with Gasteiger partial charge in [-0.05, 0) is 114 Å². The Kier molecular flexibility index (Phi) is 37.7. The third-order valence-corrected chi connectivity index (χ3v) is 18.8. The second kappa shape index (κ2) is 40.3. The molecule has 27 nitrogen and oxygen atoms in total. The molecule has 1 heterocycles. The van der Waals surface area contributed by atoms with Crippen LogP contribution in [-0.4, -0.2) is 260 Å². The summed E-state index contributed by atoms with van der Waals surface area (Å²) in [5.74, 6) is -9.71. The number of hydrogen-bond donors (Lipinski definition) is 5. The van der Waals surface area contributed by atoms with Crippen molar-refractivity contribution in [3.05, 3.63) is 12.2 Å². The summed E-state index contributed by atoms with van der Waals surface area (Å²) in [6, 6.07) is -12.3. The number of nitrogens with zero attached hydrogens (tertiary/aromatic N) is 7. The van der Waals surface area contributed by atoms with Gasteiger partial charge >= 0.3 is 15.6 Å². The zero-order valence-electron chi connectivity index (χ0n) is 62.9. The first-order chi connectivity index (χ1) is 44.7. The average Bonchev–Trinajstić information content (AvgIpc) is 0.803. The summed E-state index contributed by atoms with van der Waals surface area (Å²) in [6.07, 6.45) is 2.11. The molecule has 566 valence electrons. The molecule has 1 rings (SSSR count). The van der Waals surface area contributed by atoms with Crippen LogP contribution in [0.2, 0.25) is 0 Å². The average molecular weight is 1440 g/mol. The fourth-order valence-electron chi connectivity index (χ4n) is 10.9. The van der Waals surface area contributed by atoms with Gasteiger partial charge in [-0.2, -0.15) is 21.6 Å². The first kappa shape index (κ1) is 91.8. The highest BCUT2D eigenvalue weighted by Crippen LogP contribution is 2.38. The first-order valence-electron chi connectivity index (χ1n) is 33.5. The van der Waals surface area contributed by atoms with Gasteiger partial charge in [0.2, 0.25) is 65.0 Å². The minimum Gasteiger partial charge on any atom is -0.390 e. The molecule has 32 heteroatoms. The van der Waals surface area contributed by atoms with Gasteiger partial charge in [0, 0.05) is 49.3 Å².